The summed E-state index contributed by atoms with van der Waals surface area (Å²) in [5, 5.41) is 19.6. The maximum absolute atomic E-state index is 4.90. The predicted molar refractivity (Wildman–Crippen MR) is 85.0 cm³/mol. The largest absolute Gasteiger partial charge is 0.662 e. The molecule has 0 bridgehead atoms. The molecule has 126 valence electrons. The van der Waals surface area contributed by atoms with E-state index in [0.29, 0.717) is 24.2 Å². The van der Waals surface area contributed by atoms with Gasteiger partial charge in [0.25, 0.3) is 0 Å². The van der Waals surface area contributed by atoms with Crippen molar-refractivity contribution in [2.24, 2.45) is 0 Å². The van der Waals surface area contributed by atoms with E-state index in [2.05, 4.69) is 0 Å². The summed E-state index contributed by atoms with van der Waals surface area (Å²) in [6, 6.07) is 1.89. The Morgan fingerprint density at radius 1 is 0.429 bits per heavy atom. The summed E-state index contributed by atoms with van der Waals surface area (Å²) in [7, 11) is 0. The summed E-state index contributed by atoms with van der Waals surface area (Å²) in [6.45, 7) is 3.61. The fourth-order valence-corrected chi connectivity index (χ4v) is 3.93. The van der Waals surface area contributed by atoms with Gasteiger partial charge < -0.3 is 21.3 Å². The van der Waals surface area contributed by atoms with E-state index in [1.165, 1.54) is 51.4 Å². The molecule has 0 aromatic heterocycles. The molecule has 1 saturated heterocycles. The van der Waals surface area contributed by atoms with Crippen molar-refractivity contribution in [3.8, 4) is 0 Å². The molecular weight excluding hydrogens is 307 g/mol. The van der Waals surface area contributed by atoms with Gasteiger partial charge in [0, 0.05) is 16.5 Å². The molecule has 1 heterocycles. The SMILES string of the molecule is C1CCC2[N-]CC[N-]C3CCCCC3[N-]CC[N-]C2C1.[Ni]. The van der Waals surface area contributed by atoms with E-state index in [1.54, 1.807) is 0 Å². The van der Waals surface area contributed by atoms with E-state index in [4.69, 9.17) is 21.3 Å². The third-order valence-electron chi connectivity index (χ3n) is 5.04. The van der Waals surface area contributed by atoms with Gasteiger partial charge in [-0.3, -0.25) is 0 Å². The molecule has 21 heavy (non-hydrogen) atoms. The van der Waals surface area contributed by atoms with Crippen LogP contribution in [0, 0.1) is 0 Å². The van der Waals surface area contributed by atoms with E-state index in [9.17, 15) is 0 Å². The summed E-state index contributed by atoms with van der Waals surface area (Å²) in [5.74, 6) is 0. The van der Waals surface area contributed by atoms with Crippen molar-refractivity contribution in [2.45, 2.75) is 75.5 Å². The van der Waals surface area contributed by atoms with Crippen molar-refractivity contribution in [3.63, 3.8) is 0 Å². The Balaban J connectivity index is 0.00000161. The first-order chi connectivity index (χ1) is 9.93. The van der Waals surface area contributed by atoms with Crippen molar-refractivity contribution in [1.29, 1.82) is 0 Å². The molecule has 1 aliphatic heterocycles. The van der Waals surface area contributed by atoms with Gasteiger partial charge in [-0.05, 0) is 0 Å². The minimum absolute atomic E-state index is 0. The Kier molecular flexibility index (Phi) is 7.97. The first kappa shape index (κ1) is 17.7. The van der Waals surface area contributed by atoms with Gasteiger partial charge in [0.1, 0.15) is 0 Å². The maximum Gasteiger partial charge on any atom is 0 e. The Morgan fingerprint density at radius 2 is 0.667 bits per heavy atom. The topological polar surface area (TPSA) is 56.4 Å². The zero-order valence-corrected chi connectivity index (χ0v) is 13.9. The third-order valence-corrected chi connectivity index (χ3v) is 5.04. The Labute approximate surface area is 139 Å². The molecule has 0 aromatic rings. The van der Waals surface area contributed by atoms with Crippen molar-refractivity contribution >= 4 is 0 Å². The zero-order chi connectivity index (χ0) is 13.6. The predicted octanol–water partition coefficient (Wildman–Crippen LogP) is 4.11. The summed E-state index contributed by atoms with van der Waals surface area (Å²) < 4.78 is 0. The van der Waals surface area contributed by atoms with Crippen LogP contribution in [0.1, 0.15) is 51.4 Å². The van der Waals surface area contributed by atoms with Gasteiger partial charge in [-0.25, -0.2) is 0 Å². The van der Waals surface area contributed by atoms with Crippen LogP contribution < -0.4 is 0 Å². The standard InChI is InChI=1S/C16H28N4.Ni/c1-2-6-14-13(5-1)17-9-10-19-15-7-3-4-8-16(15)20-12-11-18-14;/h13-16H,1-12H2;/q-4;. The monoisotopic (exact) mass is 334 g/mol. The number of hydrogen-bond acceptors (Lipinski definition) is 0. The third kappa shape index (κ3) is 5.18. The fraction of sp³-hybridized carbons (Fsp3) is 1.00. The van der Waals surface area contributed by atoms with Crippen molar-refractivity contribution in [2.75, 3.05) is 26.2 Å². The number of nitrogens with zero attached hydrogens (tertiary/aromatic N) is 4. The van der Waals surface area contributed by atoms with E-state index in [0.717, 1.165) is 26.2 Å². The summed E-state index contributed by atoms with van der Waals surface area (Å²) in [6.07, 6.45) is 10.2. The van der Waals surface area contributed by atoms with Crippen LogP contribution in [-0.4, -0.2) is 50.3 Å². The van der Waals surface area contributed by atoms with Crippen LogP contribution in [0.25, 0.3) is 21.3 Å². The number of hydrogen-bond donors (Lipinski definition) is 0. The van der Waals surface area contributed by atoms with Crippen LogP contribution in [0.5, 0.6) is 0 Å². The van der Waals surface area contributed by atoms with Crippen molar-refractivity contribution in [3.05, 3.63) is 21.3 Å². The van der Waals surface area contributed by atoms with Gasteiger partial charge >= 0.3 is 0 Å². The molecule has 0 radical (unpaired) electrons. The van der Waals surface area contributed by atoms with Gasteiger partial charge in [-0.15, -0.1) is 0 Å². The van der Waals surface area contributed by atoms with Crippen LogP contribution in [-0.2, 0) is 16.5 Å². The quantitative estimate of drug-likeness (QED) is 0.598. The van der Waals surface area contributed by atoms with Crippen LogP contribution in [0.15, 0.2) is 0 Å². The summed E-state index contributed by atoms with van der Waals surface area (Å²) >= 11 is 0. The molecule has 0 amide bonds. The normalized spacial score (nSPS) is 38.9. The Morgan fingerprint density at radius 3 is 0.905 bits per heavy atom. The second-order valence-corrected chi connectivity index (χ2v) is 6.46. The minimum Gasteiger partial charge on any atom is -0.662 e. The molecule has 5 heteroatoms. The first-order valence-corrected chi connectivity index (χ1v) is 8.60. The molecule has 3 fully saturated rings. The van der Waals surface area contributed by atoms with Gasteiger partial charge in [-0.1, -0.05) is 51.4 Å². The fourth-order valence-electron chi connectivity index (χ4n) is 3.93. The number of fused-ring (bicyclic) bond motifs is 2. The first-order valence-electron chi connectivity index (χ1n) is 8.60. The minimum atomic E-state index is 0. The molecular formula is C16H28N4Ni-4. The van der Waals surface area contributed by atoms with Crippen molar-refractivity contribution in [1.82, 2.24) is 0 Å². The second kappa shape index (κ2) is 9.47. The number of rotatable bonds is 0. The van der Waals surface area contributed by atoms with Gasteiger partial charge in [0.05, 0.1) is 0 Å². The van der Waals surface area contributed by atoms with E-state index >= 15 is 0 Å². The molecule has 0 aromatic carbocycles. The Hall–Kier alpha value is 0.334. The van der Waals surface area contributed by atoms with Gasteiger partial charge in [-0.2, -0.15) is 50.3 Å². The molecule has 3 rings (SSSR count). The average Bonchev–Trinajstić information content (AvgIpc) is 2.49. The summed E-state index contributed by atoms with van der Waals surface area (Å²) in [5.41, 5.74) is 0. The summed E-state index contributed by atoms with van der Waals surface area (Å²) in [4.78, 5) is 0. The Bertz CT molecular complexity index is 233. The second-order valence-electron chi connectivity index (χ2n) is 6.46. The van der Waals surface area contributed by atoms with Gasteiger partial charge in [0.2, 0.25) is 0 Å². The molecule has 4 nitrogen and oxygen atoms in total. The van der Waals surface area contributed by atoms with Crippen LogP contribution in [0.2, 0.25) is 0 Å². The molecule has 4 unspecified atom stereocenters. The van der Waals surface area contributed by atoms with Crippen LogP contribution in [0.4, 0.5) is 0 Å². The van der Waals surface area contributed by atoms with Crippen molar-refractivity contribution < 1.29 is 16.5 Å². The molecule has 2 aliphatic carbocycles. The molecule has 2 saturated carbocycles. The average molecular weight is 335 g/mol. The molecule has 0 N–H and O–H groups in total. The van der Waals surface area contributed by atoms with E-state index in [1.807, 2.05) is 0 Å². The maximum atomic E-state index is 4.90. The van der Waals surface area contributed by atoms with E-state index in [-0.39, 0.29) is 16.5 Å². The van der Waals surface area contributed by atoms with Crippen LogP contribution in [0.3, 0.4) is 0 Å². The van der Waals surface area contributed by atoms with Crippen LogP contribution >= 0.6 is 0 Å². The smallest absolute Gasteiger partial charge is 0 e. The molecule has 3 aliphatic rings. The zero-order valence-electron chi connectivity index (χ0n) is 12.9. The molecule has 0 spiro atoms. The van der Waals surface area contributed by atoms with E-state index < -0.39 is 0 Å². The van der Waals surface area contributed by atoms with Gasteiger partial charge in [0.15, 0.2) is 0 Å². The molecule has 4 atom stereocenters.